The third-order valence-electron chi connectivity index (χ3n) is 7.93. The van der Waals surface area contributed by atoms with Crippen LogP contribution in [0, 0.1) is 11.8 Å². The first-order valence-corrected chi connectivity index (χ1v) is 9.87. The molecular weight excluding hydrogens is 360 g/mol. The van der Waals surface area contributed by atoms with Crippen LogP contribution in [-0.4, -0.2) is 54.7 Å². The van der Waals surface area contributed by atoms with Crippen molar-refractivity contribution in [3.63, 3.8) is 0 Å². The van der Waals surface area contributed by atoms with E-state index >= 15 is 0 Å². The minimum absolute atomic E-state index is 0.0180. The van der Waals surface area contributed by atoms with Crippen LogP contribution in [0.25, 0.3) is 0 Å². The van der Waals surface area contributed by atoms with E-state index in [0.29, 0.717) is 17.9 Å². The van der Waals surface area contributed by atoms with Gasteiger partial charge in [-0.2, -0.15) is 0 Å². The van der Waals surface area contributed by atoms with Gasteiger partial charge in [-0.3, -0.25) is 9.69 Å². The Bertz CT molecular complexity index is 945. The monoisotopic (exact) mass is 384 g/mol. The predicted octanol–water partition coefficient (Wildman–Crippen LogP) is 2.17. The van der Waals surface area contributed by atoms with Crippen LogP contribution in [0.1, 0.15) is 25.3 Å². The summed E-state index contributed by atoms with van der Waals surface area (Å²) in [6, 6.07) is 3.98. The second kappa shape index (κ2) is 5.02. The molecule has 1 aromatic rings. The minimum atomic E-state index is -0.747. The van der Waals surface area contributed by atoms with Crippen molar-refractivity contribution in [3.8, 4) is 11.5 Å². The SMILES string of the molecule is CC=C1CN2[C@@H]3C[C@@]45c6cc(OC)cc(OC)c6N[C@]4(O3)[C@@H]2C[C@@H]1[C@H]5C(=O)O. The lowest BCUT2D eigenvalue weighted by molar-refractivity contribution is -0.157. The fourth-order valence-corrected chi connectivity index (χ4v) is 6.99. The summed E-state index contributed by atoms with van der Waals surface area (Å²) in [6.45, 7) is 2.81. The van der Waals surface area contributed by atoms with Crippen molar-refractivity contribution < 1.29 is 24.1 Å². The Morgan fingerprint density at radius 1 is 1.39 bits per heavy atom. The molecule has 7 heteroatoms. The van der Waals surface area contributed by atoms with Gasteiger partial charge in [-0.15, -0.1) is 0 Å². The number of fused-ring (bicyclic) bond motifs is 4. The summed E-state index contributed by atoms with van der Waals surface area (Å²) in [5.74, 6) is 0.0678. The largest absolute Gasteiger partial charge is 0.497 e. The lowest BCUT2D eigenvalue weighted by Gasteiger charge is -2.59. The molecule has 4 fully saturated rings. The first kappa shape index (κ1) is 16.7. The highest BCUT2D eigenvalue weighted by Gasteiger charge is 2.82. The molecule has 6 atom stereocenters. The molecule has 4 heterocycles. The smallest absolute Gasteiger partial charge is 0.308 e. The zero-order valence-corrected chi connectivity index (χ0v) is 16.2. The number of benzene rings is 1. The second-order valence-corrected chi connectivity index (χ2v) is 8.57. The summed E-state index contributed by atoms with van der Waals surface area (Å²) in [7, 11) is 3.25. The van der Waals surface area contributed by atoms with Crippen LogP contribution in [0.3, 0.4) is 0 Å². The Morgan fingerprint density at radius 3 is 2.89 bits per heavy atom. The molecule has 0 aromatic heterocycles. The van der Waals surface area contributed by atoms with E-state index in [4.69, 9.17) is 14.2 Å². The van der Waals surface area contributed by atoms with Gasteiger partial charge in [0.1, 0.15) is 17.7 Å². The second-order valence-electron chi connectivity index (χ2n) is 8.57. The third-order valence-corrected chi connectivity index (χ3v) is 7.93. The topological polar surface area (TPSA) is 80.3 Å². The zero-order chi connectivity index (χ0) is 19.4. The molecule has 4 aliphatic heterocycles. The van der Waals surface area contributed by atoms with Crippen LogP contribution >= 0.6 is 0 Å². The third kappa shape index (κ3) is 1.53. The molecule has 5 aliphatic rings. The molecule has 6 rings (SSSR count). The van der Waals surface area contributed by atoms with Gasteiger partial charge in [0.2, 0.25) is 0 Å². The van der Waals surface area contributed by atoms with Crippen LogP contribution in [0.2, 0.25) is 0 Å². The maximum atomic E-state index is 12.7. The van der Waals surface area contributed by atoms with Gasteiger partial charge in [0, 0.05) is 19.0 Å². The maximum absolute atomic E-state index is 12.7. The number of carbonyl (C=O) groups is 1. The number of aliphatic carboxylic acids is 1. The Balaban J connectivity index is 1.67. The molecule has 2 N–H and O–H groups in total. The normalized spacial score (nSPS) is 43.0. The quantitative estimate of drug-likeness (QED) is 0.773. The highest BCUT2D eigenvalue weighted by Crippen LogP contribution is 2.73. The fraction of sp³-hybridized carbons (Fsp3) is 0.571. The number of allylic oxidation sites excluding steroid dienone is 1. The van der Waals surface area contributed by atoms with Crippen molar-refractivity contribution in [2.75, 3.05) is 26.1 Å². The van der Waals surface area contributed by atoms with Gasteiger partial charge >= 0.3 is 5.97 Å². The molecule has 0 unspecified atom stereocenters. The van der Waals surface area contributed by atoms with E-state index in [1.54, 1.807) is 14.2 Å². The van der Waals surface area contributed by atoms with Gasteiger partial charge in [-0.05, 0) is 30.9 Å². The number of hydrogen-bond donors (Lipinski definition) is 2. The van der Waals surface area contributed by atoms with Crippen LogP contribution in [-0.2, 0) is 14.9 Å². The van der Waals surface area contributed by atoms with Gasteiger partial charge < -0.3 is 24.6 Å². The lowest BCUT2D eigenvalue weighted by Crippen LogP contribution is -2.73. The molecule has 4 bridgehead atoms. The van der Waals surface area contributed by atoms with E-state index in [1.807, 2.05) is 19.1 Å². The summed E-state index contributed by atoms with van der Waals surface area (Å²) < 4.78 is 17.8. The van der Waals surface area contributed by atoms with E-state index < -0.39 is 23.0 Å². The summed E-state index contributed by atoms with van der Waals surface area (Å²) in [5, 5.41) is 14.1. The van der Waals surface area contributed by atoms with Crippen molar-refractivity contribution in [1.82, 2.24) is 4.90 Å². The lowest BCUT2D eigenvalue weighted by atomic mass is 9.49. The van der Waals surface area contributed by atoms with Crippen LogP contribution < -0.4 is 14.8 Å². The van der Waals surface area contributed by atoms with Crippen molar-refractivity contribution in [3.05, 3.63) is 29.3 Å². The van der Waals surface area contributed by atoms with Crippen LogP contribution in [0.4, 0.5) is 5.69 Å². The molecule has 1 aromatic carbocycles. The Kier molecular flexibility index (Phi) is 2.99. The Hall–Kier alpha value is -2.25. The molecule has 7 nitrogen and oxygen atoms in total. The summed E-state index contributed by atoms with van der Waals surface area (Å²) in [5.41, 5.74) is 1.67. The average Bonchev–Trinajstić information content (AvgIpc) is 3.28. The van der Waals surface area contributed by atoms with Crippen molar-refractivity contribution in [1.29, 1.82) is 0 Å². The van der Waals surface area contributed by atoms with Crippen molar-refractivity contribution in [2.24, 2.45) is 11.8 Å². The summed E-state index contributed by atoms with van der Waals surface area (Å²) in [6.07, 6.45) is 3.51. The highest BCUT2D eigenvalue weighted by atomic mass is 16.6. The van der Waals surface area contributed by atoms with E-state index in [2.05, 4.69) is 16.3 Å². The zero-order valence-electron chi connectivity index (χ0n) is 16.2. The number of anilines is 1. The standard InChI is InChI=1S/C21H24N2O5/c1-4-10-9-23-15-7-12(10)17(19(24)25)20-8-16(23)28-21(15,20)22-18-13(20)5-11(26-2)6-14(18)27-3/h4-6,12,15-17,22H,7-9H2,1-3H3,(H,24,25)/t12-,15-,16-,17-,20-,21-/m0/s1. The molecule has 0 amide bonds. The van der Waals surface area contributed by atoms with Gasteiger partial charge in [0.05, 0.1) is 37.3 Å². The predicted molar refractivity (Wildman–Crippen MR) is 101 cm³/mol. The molecule has 0 radical (unpaired) electrons. The van der Waals surface area contributed by atoms with E-state index in [0.717, 1.165) is 24.2 Å². The summed E-state index contributed by atoms with van der Waals surface area (Å²) >= 11 is 0. The molecule has 1 aliphatic carbocycles. The van der Waals surface area contributed by atoms with Gasteiger partial charge in [-0.1, -0.05) is 11.6 Å². The number of carboxylic acids is 1. The molecule has 3 saturated heterocycles. The van der Waals surface area contributed by atoms with Crippen molar-refractivity contribution in [2.45, 2.75) is 43.2 Å². The molecule has 1 saturated carbocycles. The number of methoxy groups -OCH3 is 2. The number of nitrogens with one attached hydrogen (secondary N) is 1. The number of hydrogen-bond acceptors (Lipinski definition) is 6. The van der Waals surface area contributed by atoms with Gasteiger partial charge in [0.15, 0.2) is 5.72 Å². The highest BCUT2D eigenvalue weighted by molar-refractivity contribution is 5.82. The van der Waals surface area contributed by atoms with Crippen LogP contribution in [0.15, 0.2) is 23.8 Å². The van der Waals surface area contributed by atoms with Crippen molar-refractivity contribution >= 4 is 11.7 Å². The van der Waals surface area contributed by atoms with Gasteiger partial charge in [-0.25, -0.2) is 0 Å². The molecule has 28 heavy (non-hydrogen) atoms. The first-order valence-electron chi connectivity index (χ1n) is 9.87. The maximum Gasteiger partial charge on any atom is 0.308 e. The molecular formula is C21H24N2O5. The number of carboxylic acid groups (broad SMARTS) is 1. The number of piperidine rings is 2. The Morgan fingerprint density at radius 2 is 2.21 bits per heavy atom. The minimum Gasteiger partial charge on any atom is -0.497 e. The Labute approximate surface area is 163 Å². The number of nitrogens with zero attached hydrogens (tertiary/aromatic N) is 1. The van der Waals surface area contributed by atoms with Gasteiger partial charge in [0.25, 0.3) is 0 Å². The average molecular weight is 384 g/mol. The van der Waals surface area contributed by atoms with Crippen LogP contribution in [0.5, 0.6) is 11.5 Å². The fourth-order valence-electron chi connectivity index (χ4n) is 6.99. The van der Waals surface area contributed by atoms with E-state index in [1.165, 1.54) is 5.57 Å². The molecule has 148 valence electrons. The molecule has 1 spiro atoms. The van der Waals surface area contributed by atoms with E-state index in [-0.39, 0.29) is 18.2 Å². The van der Waals surface area contributed by atoms with E-state index in [9.17, 15) is 9.90 Å². The first-order chi connectivity index (χ1) is 13.5. The number of ether oxygens (including phenoxy) is 3. The summed E-state index contributed by atoms with van der Waals surface area (Å²) in [4.78, 5) is 15.2. The number of rotatable bonds is 3.